The van der Waals surface area contributed by atoms with Gasteiger partial charge in [0.1, 0.15) is 0 Å². The van der Waals surface area contributed by atoms with E-state index in [9.17, 15) is 13.2 Å². The lowest BCUT2D eigenvalue weighted by Crippen LogP contribution is -2.07. The Labute approximate surface area is 166 Å². The Kier molecular flexibility index (Phi) is 7.65. The van der Waals surface area contributed by atoms with Gasteiger partial charge < -0.3 is 10.5 Å². The molecule has 0 aliphatic heterocycles. The molecule has 0 bridgehead atoms. The van der Waals surface area contributed by atoms with Crippen molar-refractivity contribution in [3.63, 3.8) is 0 Å². The maximum absolute atomic E-state index is 13.1. The van der Waals surface area contributed by atoms with Crippen molar-refractivity contribution in [2.24, 2.45) is 5.73 Å². The van der Waals surface area contributed by atoms with Gasteiger partial charge in [-0.3, -0.25) is 0 Å². The van der Waals surface area contributed by atoms with Crippen LogP contribution in [0, 0.1) is 0 Å². The number of ether oxygens (including phenoxy) is 1. The van der Waals surface area contributed by atoms with Gasteiger partial charge in [0.25, 0.3) is 0 Å². The lowest BCUT2D eigenvalue weighted by atomic mass is 10.1. The van der Waals surface area contributed by atoms with Gasteiger partial charge in [0.2, 0.25) is 5.88 Å². The molecule has 0 fully saturated rings. The SMILES string of the molecule is COc1ccc(-n2nc(C(F)(F)F)cc2-c2ccc(CN)cc2)cn1.Cl.Cl. The highest BCUT2D eigenvalue weighted by Crippen LogP contribution is 2.33. The molecule has 1 aromatic carbocycles. The largest absolute Gasteiger partial charge is 0.481 e. The van der Waals surface area contributed by atoms with Crippen molar-refractivity contribution in [3.05, 3.63) is 59.9 Å². The molecule has 0 atom stereocenters. The van der Waals surface area contributed by atoms with Crippen LogP contribution in [0.3, 0.4) is 0 Å². The molecule has 3 rings (SSSR count). The maximum atomic E-state index is 13.1. The zero-order valence-corrected chi connectivity index (χ0v) is 15.7. The van der Waals surface area contributed by atoms with Gasteiger partial charge in [-0.15, -0.1) is 24.8 Å². The van der Waals surface area contributed by atoms with Crippen LogP contribution in [0.25, 0.3) is 16.9 Å². The number of aromatic nitrogens is 3. The van der Waals surface area contributed by atoms with Gasteiger partial charge in [-0.05, 0) is 17.7 Å². The number of hydrogen-bond donors (Lipinski definition) is 1. The lowest BCUT2D eigenvalue weighted by molar-refractivity contribution is -0.141. The molecule has 2 heterocycles. The molecule has 0 unspecified atom stereocenters. The molecular formula is C17H17Cl2F3N4O. The van der Waals surface area contributed by atoms with E-state index in [0.29, 0.717) is 29.4 Å². The fourth-order valence-corrected chi connectivity index (χ4v) is 2.35. The summed E-state index contributed by atoms with van der Waals surface area (Å²) in [6.07, 6.45) is -3.14. The molecule has 0 radical (unpaired) electrons. The fraction of sp³-hybridized carbons (Fsp3) is 0.176. The Morgan fingerprint density at radius 1 is 1.07 bits per heavy atom. The van der Waals surface area contributed by atoms with E-state index in [1.807, 2.05) is 0 Å². The number of benzene rings is 1. The van der Waals surface area contributed by atoms with Crippen molar-refractivity contribution in [1.29, 1.82) is 0 Å². The molecular weight excluding hydrogens is 404 g/mol. The minimum Gasteiger partial charge on any atom is -0.481 e. The molecule has 0 aliphatic rings. The van der Waals surface area contributed by atoms with E-state index in [1.54, 1.807) is 36.4 Å². The second-order valence-corrected chi connectivity index (χ2v) is 5.28. The highest BCUT2D eigenvalue weighted by atomic mass is 35.5. The summed E-state index contributed by atoms with van der Waals surface area (Å²) in [5.74, 6) is 0.362. The van der Waals surface area contributed by atoms with E-state index in [0.717, 1.165) is 11.6 Å². The first kappa shape index (κ1) is 22.8. The average Bonchev–Trinajstić information content (AvgIpc) is 3.07. The number of alkyl halides is 3. The van der Waals surface area contributed by atoms with Crippen LogP contribution in [0.1, 0.15) is 11.3 Å². The summed E-state index contributed by atoms with van der Waals surface area (Å²) >= 11 is 0. The van der Waals surface area contributed by atoms with Crippen LogP contribution in [0.15, 0.2) is 48.7 Å². The van der Waals surface area contributed by atoms with E-state index in [-0.39, 0.29) is 24.8 Å². The Morgan fingerprint density at radius 2 is 1.74 bits per heavy atom. The van der Waals surface area contributed by atoms with Crippen molar-refractivity contribution >= 4 is 24.8 Å². The standard InChI is InChI=1S/C17H15F3N4O.2ClH/c1-25-16-7-6-13(10-22-16)24-14(8-15(23-24)17(18,19)20)12-4-2-11(9-21)3-5-12;;/h2-8,10H,9,21H2,1H3;2*1H. The maximum Gasteiger partial charge on any atom is 0.435 e. The fourth-order valence-electron chi connectivity index (χ4n) is 2.35. The molecule has 0 spiro atoms. The van der Waals surface area contributed by atoms with Crippen molar-refractivity contribution in [1.82, 2.24) is 14.8 Å². The molecule has 3 aromatic rings. The minimum absolute atomic E-state index is 0. The van der Waals surface area contributed by atoms with Crippen molar-refractivity contribution in [2.75, 3.05) is 7.11 Å². The molecule has 0 amide bonds. The second-order valence-electron chi connectivity index (χ2n) is 5.28. The Balaban J connectivity index is 0.00000182. The topological polar surface area (TPSA) is 66.0 Å². The predicted octanol–water partition coefficient (Wildman–Crippen LogP) is 4.26. The Morgan fingerprint density at radius 3 is 2.22 bits per heavy atom. The van der Waals surface area contributed by atoms with Gasteiger partial charge in [-0.25, -0.2) is 9.67 Å². The van der Waals surface area contributed by atoms with E-state index >= 15 is 0 Å². The zero-order valence-electron chi connectivity index (χ0n) is 14.1. The van der Waals surface area contributed by atoms with Gasteiger partial charge in [0, 0.05) is 18.2 Å². The smallest absolute Gasteiger partial charge is 0.435 e. The molecule has 27 heavy (non-hydrogen) atoms. The van der Waals surface area contributed by atoms with Gasteiger partial charge in [-0.1, -0.05) is 24.3 Å². The summed E-state index contributed by atoms with van der Waals surface area (Å²) in [5.41, 5.74) is 6.78. The van der Waals surface area contributed by atoms with Crippen molar-refractivity contribution in [2.45, 2.75) is 12.7 Å². The summed E-state index contributed by atoms with van der Waals surface area (Å²) in [6, 6.07) is 11.1. The molecule has 5 nitrogen and oxygen atoms in total. The van der Waals surface area contributed by atoms with Crippen LogP contribution < -0.4 is 10.5 Å². The first-order valence-electron chi connectivity index (χ1n) is 7.39. The van der Waals surface area contributed by atoms with Gasteiger partial charge in [0.15, 0.2) is 5.69 Å². The van der Waals surface area contributed by atoms with Crippen LogP contribution in [0.5, 0.6) is 5.88 Å². The summed E-state index contributed by atoms with van der Waals surface area (Å²) in [4.78, 5) is 4.03. The average molecular weight is 421 g/mol. The highest BCUT2D eigenvalue weighted by molar-refractivity contribution is 5.85. The number of nitrogens with two attached hydrogens (primary N) is 1. The highest BCUT2D eigenvalue weighted by Gasteiger charge is 2.35. The lowest BCUT2D eigenvalue weighted by Gasteiger charge is -2.08. The van der Waals surface area contributed by atoms with Gasteiger partial charge >= 0.3 is 6.18 Å². The second kappa shape index (κ2) is 9.07. The Bertz CT molecular complexity index is 800. The van der Waals surface area contributed by atoms with Crippen LogP contribution in [-0.4, -0.2) is 21.9 Å². The monoisotopic (exact) mass is 420 g/mol. The summed E-state index contributed by atoms with van der Waals surface area (Å²) in [5, 5.41) is 3.71. The first-order valence-corrected chi connectivity index (χ1v) is 7.39. The van der Waals surface area contributed by atoms with E-state index in [1.165, 1.54) is 18.0 Å². The molecule has 0 saturated carbocycles. The van der Waals surface area contributed by atoms with Crippen molar-refractivity contribution < 1.29 is 17.9 Å². The number of rotatable bonds is 4. The molecule has 146 valence electrons. The first-order chi connectivity index (χ1) is 11.9. The zero-order chi connectivity index (χ0) is 18.0. The molecule has 0 saturated heterocycles. The van der Waals surface area contributed by atoms with E-state index in [4.69, 9.17) is 10.5 Å². The number of pyridine rings is 1. The summed E-state index contributed by atoms with van der Waals surface area (Å²) in [6.45, 7) is 0.357. The molecule has 10 heteroatoms. The minimum atomic E-state index is -4.54. The van der Waals surface area contributed by atoms with E-state index in [2.05, 4.69) is 10.1 Å². The third-order valence-corrected chi connectivity index (χ3v) is 3.66. The Hall–Kier alpha value is -2.29. The van der Waals surface area contributed by atoms with Crippen LogP contribution in [-0.2, 0) is 12.7 Å². The van der Waals surface area contributed by atoms with Gasteiger partial charge in [-0.2, -0.15) is 18.3 Å². The van der Waals surface area contributed by atoms with Crippen molar-refractivity contribution in [3.8, 4) is 22.8 Å². The summed E-state index contributed by atoms with van der Waals surface area (Å²) < 4.78 is 45.6. The van der Waals surface area contributed by atoms with Crippen LogP contribution >= 0.6 is 24.8 Å². The third-order valence-electron chi connectivity index (χ3n) is 3.66. The normalized spacial score (nSPS) is 10.7. The molecule has 2 aromatic heterocycles. The van der Waals surface area contributed by atoms with Gasteiger partial charge in [0.05, 0.1) is 24.7 Å². The third kappa shape index (κ3) is 4.91. The summed E-state index contributed by atoms with van der Waals surface area (Å²) in [7, 11) is 1.46. The van der Waals surface area contributed by atoms with Crippen LogP contribution in [0.2, 0.25) is 0 Å². The number of methoxy groups -OCH3 is 1. The number of hydrogen-bond acceptors (Lipinski definition) is 4. The molecule has 2 N–H and O–H groups in total. The predicted molar refractivity (Wildman–Crippen MR) is 101 cm³/mol. The number of halogens is 5. The molecule has 0 aliphatic carbocycles. The van der Waals surface area contributed by atoms with Crippen LogP contribution in [0.4, 0.5) is 13.2 Å². The number of nitrogens with zero attached hydrogens (tertiary/aromatic N) is 3. The quantitative estimate of drug-likeness (QED) is 0.684. The van der Waals surface area contributed by atoms with E-state index < -0.39 is 11.9 Å².